The molecule has 0 aliphatic carbocycles. The van der Waals surface area contributed by atoms with Crippen LogP contribution in [-0.2, 0) is 4.79 Å². The molecule has 2 heteroatoms. The monoisotopic (exact) mass is 551 g/mol. The van der Waals surface area contributed by atoms with Crippen molar-refractivity contribution in [2.75, 3.05) is 0 Å². The van der Waals surface area contributed by atoms with Gasteiger partial charge in [-0.25, -0.2) is 0 Å². The maximum atomic E-state index is 12.8. The smallest absolute Gasteiger partial charge is 0.309 e. The Morgan fingerprint density at radius 2 is 0.769 bits per heavy atom. The average Bonchev–Trinajstić information content (AvgIpc) is 2.92. The molecule has 1 atom stereocenters. The highest BCUT2D eigenvalue weighted by Crippen LogP contribution is 2.40. The lowest BCUT2D eigenvalue weighted by Gasteiger charge is -2.32. The van der Waals surface area contributed by atoms with Gasteiger partial charge in [0.15, 0.2) is 0 Å². The fourth-order valence-corrected chi connectivity index (χ4v) is 6.57. The number of carbonyl (C=O) groups is 1. The molecule has 0 aliphatic heterocycles. The minimum absolute atomic E-state index is 0.484. The topological polar surface area (TPSA) is 37.3 Å². The summed E-state index contributed by atoms with van der Waals surface area (Å²) in [5, 5.41) is 10.5. The fraction of sp³-hybridized carbons (Fsp3) is 0.973. The van der Waals surface area contributed by atoms with Gasteiger partial charge >= 0.3 is 5.97 Å². The number of hydrogen-bond acceptors (Lipinski definition) is 1. The molecule has 234 valence electrons. The second-order valence-electron chi connectivity index (χ2n) is 13.3. The molecule has 0 amide bonds. The summed E-state index contributed by atoms with van der Waals surface area (Å²) in [5.74, 6) is 0.0292. The van der Waals surface area contributed by atoms with Crippen LogP contribution in [0.15, 0.2) is 0 Å². The number of carboxylic acids is 1. The van der Waals surface area contributed by atoms with Gasteiger partial charge in [-0.15, -0.1) is 0 Å². The number of hydrogen-bond donors (Lipinski definition) is 1. The molecule has 2 nitrogen and oxygen atoms in total. The van der Waals surface area contributed by atoms with Crippen molar-refractivity contribution in [3.8, 4) is 0 Å². The van der Waals surface area contributed by atoms with Crippen LogP contribution >= 0.6 is 0 Å². The fourth-order valence-electron chi connectivity index (χ4n) is 6.57. The molecule has 0 saturated heterocycles. The van der Waals surface area contributed by atoms with E-state index < -0.39 is 11.4 Å². The van der Waals surface area contributed by atoms with Gasteiger partial charge < -0.3 is 5.11 Å². The molecule has 0 fully saturated rings. The largest absolute Gasteiger partial charge is 0.481 e. The number of rotatable bonds is 32. The van der Waals surface area contributed by atoms with E-state index in [9.17, 15) is 9.90 Å². The van der Waals surface area contributed by atoms with Crippen molar-refractivity contribution in [2.24, 2.45) is 11.3 Å². The van der Waals surface area contributed by atoms with E-state index in [0.29, 0.717) is 5.92 Å². The standard InChI is InChI=1S/C37H74O2/c1-5-8-11-14-17-20-21-22-25-28-31-35(4)34-37(36(38)39,32-29-26-23-18-15-12-9-6-2)33-30-27-24-19-16-13-10-7-3/h35H,5-34H2,1-4H3,(H,38,39). The summed E-state index contributed by atoms with van der Waals surface area (Å²) in [4.78, 5) is 12.8. The van der Waals surface area contributed by atoms with Gasteiger partial charge in [-0.2, -0.15) is 0 Å². The average molecular weight is 551 g/mol. The van der Waals surface area contributed by atoms with Gasteiger partial charge in [0.05, 0.1) is 5.41 Å². The van der Waals surface area contributed by atoms with Crippen molar-refractivity contribution < 1.29 is 9.90 Å². The Hall–Kier alpha value is -0.530. The SMILES string of the molecule is CCCCCCCCCCCCC(C)CC(CCCCCCCCCC)(CCCCCCCCCC)C(=O)O. The molecule has 0 saturated carbocycles. The second-order valence-corrected chi connectivity index (χ2v) is 13.3. The summed E-state index contributed by atoms with van der Waals surface area (Å²) in [5.41, 5.74) is -0.484. The van der Waals surface area contributed by atoms with Crippen molar-refractivity contribution in [1.82, 2.24) is 0 Å². The maximum Gasteiger partial charge on any atom is 0.309 e. The van der Waals surface area contributed by atoms with Crippen LogP contribution in [0.5, 0.6) is 0 Å². The zero-order chi connectivity index (χ0) is 28.9. The van der Waals surface area contributed by atoms with Crippen molar-refractivity contribution >= 4 is 5.97 Å². The lowest BCUT2D eigenvalue weighted by Crippen LogP contribution is -2.33. The van der Waals surface area contributed by atoms with Gasteiger partial charge in [-0.05, 0) is 25.2 Å². The summed E-state index contributed by atoms with van der Waals surface area (Å²) in [7, 11) is 0. The predicted molar refractivity (Wildman–Crippen MR) is 175 cm³/mol. The highest BCUT2D eigenvalue weighted by atomic mass is 16.4. The van der Waals surface area contributed by atoms with E-state index in [2.05, 4.69) is 27.7 Å². The van der Waals surface area contributed by atoms with Crippen LogP contribution in [0.1, 0.15) is 220 Å². The molecular weight excluding hydrogens is 476 g/mol. The molecule has 0 aliphatic rings. The van der Waals surface area contributed by atoms with Crippen molar-refractivity contribution in [2.45, 2.75) is 220 Å². The van der Waals surface area contributed by atoms with Gasteiger partial charge in [-0.3, -0.25) is 4.79 Å². The molecule has 0 radical (unpaired) electrons. The summed E-state index contributed by atoms with van der Waals surface area (Å²) in [6, 6.07) is 0. The van der Waals surface area contributed by atoms with Gasteiger partial charge in [-0.1, -0.05) is 201 Å². The van der Waals surface area contributed by atoms with Crippen molar-refractivity contribution in [3.05, 3.63) is 0 Å². The normalized spacial score (nSPS) is 12.7. The van der Waals surface area contributed by atoms with Crippen LogP contribution in [0.25, 0.3) is 0 Å². The third kappa shape index (κ3) is 23.8. The Kier molecular flexibility index (Phi) is 28.6. The zero-order valence-corrected chi connectivity index (χ0v) is 27.6. The van der Waals surface area contributed by atoms with Crippen LogP contribution in [0, 0.1) is 11.3 Å². The van der Waals surface area contributed by atoms with E-state index >= 15 is 0 Å². The summed E-state index contributed by atoms with van der Waals surface area (Å²) in [6.45, 7) is 9.17. The lowest BCUT2D eigenvalue weighted by molar-refractivity contribution is -0.151. The molecule has 0 aromatic heterocycles. The van der Waals surface area contributed by atoms with Crippen LogP contribution in [-0.4, -0.2) is 11.1 Å². The third-order valence-electron chi connectivity index (χ3n) is 9.26. The molecular formula is C37H74O2. The Bertz CT molecular complexity index is 480. The minimum Gasteiger partial charge on any atom is -0.481 e. The summed E-state index contributed by atoms with van der Waals surface area (Å²) in [6.07, 6.45) is 38.2. The Balaban J connectivity index is 4.53. The van der Waals surface area contributed by atoms with Gasteiger partial charge in [0, 0.05) is 0 Å². The van der Waals surface area contributed by atoms with E-state index in [4.69, 9.17) is 0 Å². The second kappa shape index (κ2) is 29.0. The summed E-state index contributed by atoms with van der Waals surface area (Å²) >= 11 is 0. The Morgan fingerprint density at radius 3 is 1.08 bits per heavy atom. The van der Waals surface area contributed by atoms with E-state index in [1.807, 2.05) is 0 Å². The molecule has 1 unspecified atom stereocenters. The van der Waals surface area contributed by atoms with E-state index in [1.165, 1.54) is 161 Å². The van der Waals surface area contributed by atoms with E-state index in [0.717, 1.165) is 32.1 Å². The molecule has 0 rings (SSSR count). The minimum atomic E-state index is -0.497. The maximum absolute atomic E-state index is 12.8. The summed E-state index contributed by atoms with van der Waals surface area (Å²) < 4.78 is 0. The number of aliphatic carboxylic acids is 1. The van der Waals surface area contributed by atoms with Crippen LogP contribution in [0.3, 0.4) is 0 Å². The van der Waals surface area contributed by atoms with Gasteiger partial charge in [0.25, 0.3) is 0 Å². The zero-order valence-electron chi connectivity index (χ0n) is 27.6. The van der Waals surface area contributed by atoms with Crippen LogP contribution in [0.4, 0.5) is 0 Å². The molecule has 0 heterocycles. The van der Waals surface area contributed by atoms with Crippen LogP contribution < -0.4 is 0 Å². The van der Waals surface area contributed by atoms with E-state index in [1.54, 1.807) is 0 Å². The van der Waals surface area contributed by atoms with Crippen LogP contribution in [0.2, 0.25) is 0 Å². The molecule has 0 spiro atoms. The van der Waals surface area contributed by atoms with Gasteiger partial charge in [0.2, 0.25) is 0 Å². The third-order valence-corrected chi connectivity index (χ3v) is 9.26. The predicted octanol–water partition coefficient (Wildman–Crippen LogP) is 13.5. The Morgan fingerprint density at radius 1 is 0.487 bits per heavy atom. The first-order valence-corrected chi connectivity index (χ1v) is 18.3. The number of unbranched alkanes of at least 4 members (excludes halogenated alkanes) is 23. The van der Waals surface area contributed by atoms with Crippen molar-refractivity contribution in [1.29, 1.82) is 0 Å². The molecule has 0 aromatic carbocycles. The highest BCUT2D eigenvalue weighted by molar-refractivity contribution is 5.74. The van der Waals surface area contributed by atoms with Gasteiger partial charge in [0.1, 0.15) is 0 Å². The van der Waals surface area contributed by atoms with Crippen molar-refractivity contribution in [3.63, 3.8) is 0 Å². The molecule has 1 N–H and O–H groups in total. The first kappa shape index (κ1) is 38.5. The molecule has 39 heavy (non-hydrogen) atoms. The molecule has 0 aromatic rings. The molecule has 0 bridgehead atoms. The number of carboxylic acid groups (broad SMARTS) is 1. The quantitative estimate of drug-likeness (QED) is 0.0845. The Labute approximate surface area is 247 Å². The first-order valence-electron chi connectivity index (χ1n) is 18.3. The lowest BCUT2D eigenvalue weighted by atomic mass is 9.71. The first-order chi connectivity index (χ1) is 19.0. The highest BCUT2D eigenvalue weighted by Gasteiger charge is 2.38. The van der Waals surface area contributed by atoms with E-state index in [-0.39, 0.29) is 0 Å².